The second kappa shape index (κ2) is 7.35. The van der Waals surface area contributed by atoms with Crippen LogP contribution in [0.5, 0.6) is 0 Å². The highest BCUT2D eigenvalue weighted by molar-refractivity contribution is 6.35. The summed E-state index contributed by atoms with van der Waals surface area (Å²) >= 11 is 11.8. The highest BCUT2D eigenvalue weighted by atomic mass is 35.5. The standard InChI is InChI=1S/C16H13Cl2N3O5/c17-9-6-10(18)8-11(7-9)19-15(22)12-2-1-5-20(12)16(23)13-3-4-14(26-13)21(24)25/h3-4,6-8,12H,1-2,5H2,(H,19,22)/t12-/m0/s1. The van der Waals surface area contributed by atoms with Gasteiger partial charge < -0.3 is 14.6 Å². The van der Waals surface area contributed by atoms with E-state index in [2.05, 4.69) is 5.32 Å². The maximum atomic E-state index is 12.6. The highest BCUT2D eigenvalue weighted by Gasteiger charge is 2.36. The third-order valence-corrected chi connectivity index (χ3v) is 4.37. The average molecular weight is 398 g/mol. The number of hydrogen-bond acceptors (Lipinski definition) is 5. The van der Waals surface area contributed by atoms with Crippen LogP contribution in [0.4, 0.5) is 11.6 Å². The number of carbonyl (C=O) groups excluding carboxylic acids is 2. The molecule has 1 saturated heterocycles. The number of hydrogen-bond donors (Lipinski definition) is 1. The van der Waals surface area contributed by atoms with Gasteiger partial charge in [0, 0.05) is 22.3 Å². The van der Waals surface area contributed by atoms with Gasteiger partial charge in [0.15, 0.2) is 5.76 Å². The molecular weight excluding hydrogens is 385 g/mol. The van der Waals surface area contributed by atoms with Crippen molar-refractivity contribution in [1.29, 1.82) is 0 Å². The normalized spacial score (nSPS) is 16.5. The van der Waals surface area contributed by atoms with E-state index in [4.69, 9.17) is 27.6 Å². The molecule has 1 atom stereocenters. The second-order valence-corrected chi connectivity index (χ2v) is 6.57. The van der Waals surface area contributed by atoms with Crippen molar-refractivity contribution in [2.75, 3.05) is 11.9 Å². The zero-order valence-corrected chi connectivity index (χ0v) is 14.8. The summed E-state index contributed by atoms with van der Waals surface area (Å²) < 4.78 is 4.94. The topological polar surface area (TPSA) is 106 Å². The number of nitro groups is 1. The predicted molar refractivity (Wildman–Crippen MR) is 94.5 cm³/mol. The lowest BCUT2D eigenvalue weighted by Gasteiger charge is -2.23. The number of amides is 2. The Morgan fingerprint density at radius 3 is 2.54 bits per heavy atom. The van der Waals surface area contributed by atoms with Gasteiger partial charge in [-0.3, -0.25) is 19.7 Å². The van der Waals surface area contributed by atoms with Gasteiger partial charge in [-0.15, -0.1) is 0 Å². The molecule has 1 fully saturated rings. The maximum Gasteiger partial charge on any atom is 0.433 e. The van der Waals surface area contributed by atoms with Crippen LogP contribution in [0.3, 0.4) is 0 Å². The van der Waals surface area contributed by atoms with Gasteiger partial charge in [0.25, 0.3) is 5.91 Å². The minimum absolute atomic E-state index is 0.179. The van der Waals surface area contributed by atoms with Crippen molar-refractivity contribution in [3.63, 3.8) is 0 Å². The number of anilines is 1. The van der Waals surface area contributed by atoms with Crippen molar-refractivity contribution in [2.24, 2.45) is 0 Å². The van der Waals surface area contributed by atoms with Gasteiger partial charge in [0.05, 0.1) is 6.07 Å². The van der Waals surface area contributed by atoms with Crippen molar-refractivity contribution in [2.45, 2.75) is 18.9 Å². The Morgan fingerprint density at radius 2 is 1.92 bits per heavy atom. The largest absolute Gasteiger partial charge is 0.433 e. The Kier molecular flexibility index (Phi) is 5.15. The summed E-state index contributed by atoms with van der Waals surface area (Å²) in [6.07, 6.45) is 1.09. The SMILES string of the molecule is O=C(Nc1cc(Cl)cc(Cl)c1)[C@@H]1CCCN1C(=O)c1ccc([N+](=O)[O-])o1. The van der Waals surface area contributed by atoms with Gasteiger partial charge in [0.1, 0.15) is 11.0 Å². The molecule has 1 aliphatic heterocycles. The molecular formula is C16H13Cl2N3O5. The third kappa shape index (κ3) is 3.81. The van der Waals surface area contributed by atoms with Crippen molar-refractivity contribution < 1.29 is 18.9 Å². The van der Waals surface area contributed by atoms with Crippen LogP contribution in [-0.2, 0) is 4.79 Å². The van der Waals surface area contributed by atoms with Crippen LogP contribution < -0.4 is 5.32 Å². The fourth-order valence-corrected chi connectivity index (χ4v) is 3.34. The van der Waals surface area contributed by atoms with E-state index in [1.165, 1.54) is 17.0 Å². The first-order chi connectivity index (χ1) is 12.3. The molecule has 1 aliphatic rings. The van der Waals surface area contributed by atoms with E-state index >= 15 is 0 Å². The molecule has 2 heterocycles. The molecule has 136 valence electrons. The maximum absolute atomic E-state index is 12.6. The summed E-state index contributed by atoms with van der Waals surface area (Å²) in [7, 11) is 0. The number of likely N-dealkylation sites (tertiary alicyclic amines) is 1. The molecule has 2 aromatic rings. The monoisotopic (exact) mass is 397 g/mol. The highest BCUT2D eigenvalue weighted by Crippen LogP contribution is 2.26. The fourth-order valence-electron chi connectivity index (χ4n) is 2.82. The van der Waals surface area contributed by atoms with E-state index in [0.29, 0.717) is 35.1 Å². The van der Waals surface area contributed by atoms with Gasteiger partial charge in [0.2, 0.25) is 5.91 Å². The number of halogens is 2. The van der Waals surface area contributed by atoms with E-state index in [9.17, 15) is 19.7 Å². The van der Waals surface area contributed by atoms with Gasteiger partial charge >= 0.3 is 5.88 Å². The Labute approximate surface area is 157 Å². The summed E-state index contributed by atoms with van der Waals surface area (Å²) in [5.74, 6) is -1.67. The first-order valence-corrected chi connectivity index (χ1v) is 8.43. The lowest BCUT2D eigenvalue weighted by atomic mass is 10.2. The molecule has 0 bridgehead atoms. The Bertz CT molecular complexity index is 862. The lowest BCUT2D eigenvalue weighted by molar-refractivity contribution is -0.402. The molecule has 1 aromatic heterocycles. The molecule has 1 aromatic carbocycles. The van der Waals surface area contributed by atoms with Crippen LogP contribution >= 0.6 is 23.2 Å². The van der Waals surface area contributed by atoms with Crippen LogP contribution in [0.1, 0.15) is 23.4 Å². The lowest BCUT2D eigenvalue weighted by Crippen LogP contribution is -2.43. The zero-order valence-electron chi connectivity index (χ0n) is 13.3. The van der Waals surface area contributed by atoms with E-state index in [1.54, 1.807) is 12.1 Å². The van der Waals surface area contributed by atoms with Crippen LogP contribution in [0.25, 0.3) is 0 Å². The minimum atomic E-state index is -0.728. The van der Waals surface area contributed by atoms with E-state index < -0.39 is 28.7 Å². The van der Waals surface area contributed by atoms with Crippen molar-refractivity contribution in [3.8, 4) is 0 Å². The van der Waals surface area contributed by atoms with Crippen molar-refractivity contribution in [1.82, 2.24) is 4.90 Å². The fraction of sp³-hybridized carbons (Fsp3) is 0.250. The summed E-state index contributed by atoms with van der Waals surface area (Å²) in [4.78, 5) is 36.4. The van der Waals surface area contributed by atoms with Gasteiger partial charge in [-0.05, 0) is 37.1 Å². The molecule has 2 amide bonds. The summed E-state index contributed by atoms with van der Waals surface area (Å²) in [6, 6.07) is 6.24. The first-order valence-electron chi connectivity index (χ1n) is 7.67. The molecule has 26 heavy (non-hydrogen) atoms. The molecule has 0 saturated carbocycles. The van der Waals surface area contributed by atoms with Crippen molar-refractivity contribution in [3.05, 3.63) is 56.3 Å². The van der Waals surface area contributed by atoms with Crippen LogP contribution in [0, 0.1) is 10.1 Å². The smallest absolute Gasteiger partial charge is 0.395 e. The summed E-state index contributed by atoms with van der Waals surface area (Å²) in [6.45, 7) is 0.349. The number of furan rings is 1. The number of nitrogens with zero attached hydrogens (tertiary/aromatic N) is 2. The number of rotatable bonds is 4. The Hall–Kier alpha value is -2.58. The summed E-state index contributed by atoms with van der Waals surface area (Å²) in [5.41, 5.74) is 0.417. The first kappa shape index (κ1) is 18.2. The quantitative estimate of drug-likeness (QED) is 0.624. The molecule has 0 aliphatic carbocycles. The van der Waals surface area contributed by atoms with Gasteiger partial charge in [-0.2, -0.15) is 0 Å². The van der Waals surface area contributed by atoms with Gasteiger partial charge in [-0.25, -0.2) is 0 Å². The van der Waals surface area contributed by atoms with Crippen LogP contribution in [0.2, 0.25) is 10.0 Å². The molecule has 0 radical (unpaired) electrons. The van der Waals surface area contributed by atoms with Crippen LogP contribution in [0.15, 0.2) is 34.7 Å². The minimum Gasteiger partial charge on any atom is -0.395 e. The van der Waals surface area contributed by atoms with E-state index in [-0.39, 0.29) is 5.76 Å². The molecule has 8 nitrogen and oxygen atoms in total. The molecule has 3 rings (SSSR count). The van der Waals surface area contributed by atoms with Crippen LogP contribution in [-0.4, -0.2) is 34.2 Å². The number of benzene rings is 1. The third-order valence-electron chi connectivity index (χ3n) is 3.93. The van der Waals surface area contributed by atoms with Crippen molar-refractivity contribution >= 4 is 46.6 Å². The zero-order chi connectivity index (χ0) is 18.8. The Balaban J connectivity index is 1.75. The molecule has 0 unspecified atom stereocenters. The second-order valence-electron chi connectivity index (χ2n) is 5.70. The number of carbonyl (C=O) groups is 2. The van der Waals surface area contributed by atoms with E-state index in [0.717, 1.165) is 6.07 Å². The predicted octanol–water partition coefficient (Wildman–Crippen LogP) is 3.74. The molecule has 0 spiro atoms. The molecule has 1 N–H and O–H groups in total. The average Bonchev–Trinajstić information content (AvgIpc) is 3.23. The van der Waals surface area contributed by atoms with E-state index in [1.807, 2.05) is 0 Å². The molecule has 10 heteroatoms. The summed E-state index contributed by atoms with van der Waals surface area (Å²) in [5, 5.41) is 14.1. The Morgan fingerprint density at radius 1 is 1.23 bits per heavy atom. The number of nitrogens with one attached hydrogen (secondary N) is 1. The van der Waals surface area contributed by atoms with Gasteiger partial charge in [-0.1, -0.05) is 23.2 Å².